The number of nitrogens with zero attached hydrogens (tertiary/aromatic N) is 3. The fourth-order valence-corrected chi connectivity index (χ4v) is 2.69. The largest absolute Gasteiger partial charge is 0.494 e. The van der Waals surface area contributed by atoms with E-state index in [2.05, 4.69) is 20.2 Å². The SMILES string of the molecule is O=c1[nH]c(=O)n(Cc2ccco2)c(O)c1C=NCCN1CCNCC1. The Hall–Kier alpha value is -2.65. The number of hydrogen-bond donors (Lipinski definition) is 3. The maximum atomic E-state index is 11.9. The Labute approximate surface area is 143 Å². The summed E-state index contributed by atoms with van der Waals surface area (Å²) in [6.45, 7) is 5.17. The molecule has 9 heteroatoms. The van der Waals surface area contributed by atoms with Crippen LogP contribution < -0.4 is 16.6 Å². The van der Waals surface area contributed by atoms with Crippen LogP contribution in [0.3, 0.4) is 0 Å². The van der Waals surface area contributed by atoms with Gasteiger partial charge in [-0.25, -0.2) is 4.79 Å². The zero-order chi connectivity index (χ0) is 17.6. The molecule has 0 spiro atoms. The summed E-state index contributed by atoms with van der Waals surface area (Å²) >= 11 is 0. The number of aliphatic imine (C=N–C) groups is 1. The number of aromatic hydroxyl groups is 1. The van der Waals surface area contributed by atoms with Crippen LogP contribution >= 0.6 is 0 Å². The average molecular weight is 347 g/mol. The molecule has 3 heterocycles. The minimum Gasteiger partial charge on any atom is -0.494 e. The van der Waals surface area contributed by atoms with Crippen molar-refractivity contribution in [3.63, 3.8) is 0 Å². The zero-order valence-electron chi connectivity index (χ0n) is 13.8. The summed E-state index contributed by atoms with van der Waals surface area (Å²) in [6.07, 6.45) is 2.79. The number of hydrogen-bond acceptors (Lipinski definition) is 7. The molecule has 2 aromatic rings. The lowest BCUT2D eigenvalue weighted by Crippen LogP contribution is -2.44. The fourth-order valence-electron chi connectivity index (χ4n) is 2.69. The highest BCUT2D eigenvalue weighted by molar-refractivity contribution is 5.81. The van der Waals surface area contributed by atoms with E-state index >= 15 is 0 Å². The molecule has 2 aromatic heterocycles. The highest BCUT2D eigenvalue weighted by Gasteiger charge is 2.14. The predicted octanol–water partition coefficient (Wildman–Crippen LogP) is -0.792. The predicted molar refractivity (Wildman–Crippen MR) is 92.6 cm³/mol. The number of H-pyrrole nitrogens is 1. The van der Waals surface area contributed by atoms with E-state index in [1.165, 1.54) is 12.5 Å². The molecular weight excluding hydrogens is 326 g/mol. The van der Waals surface area contributed by atoms with Crippen molar-refractivity contribution < 1.29 is 9.52 Å². The molecular formula is C16H21N5O4. The van der Waals surface area contributed by atoms with Crippen LogP contribution in [0.2, 0.25) is 0 Å². The van der Waals surface area contributed by atoms with Gasteiger partial charge in [0.1, 0.15) is 11.3 Å². The van der Waals surface area contributed by atoms with Gasteiger partial charge in [-0.2, -0.15) is 0 Å². The molecule has 0 unspecified atom stereocenters. The second kappa shape index (κ2) is 7.95. The molecule has 0 amide bonds. The second-order valence-electron chi connectivity index (χ2n) is 5.79. The highest BCUT2D eigenvalue weighted by Crippen LogP contribution is 2.11. The Morgan fingerprint density at radius 1 is 1.32 bits per heavy atom. The Bertz CT molecular complexity index is 831. The first-order valence-electron chi connectivity index (χ1n) is 8.16. The minimum atomic E-state index is -0.697. The lowest BCUT2D eigenvalue weighted by atomic mass is 10.3. The molecule has 0 aliphatic carbocycles. The normalized spacial score (nSPS) is 15.8. The number of nitrogens with one attached hydrogen (secondary N) is 2. The number of rotatable bonds is 6. The van der Waals surface area contributed by atoms with Gasteiger partial charge < -0.3 is 14.8 Å². The maximum absolute atomic E-state index is 11.9. The Morgan fingerprint density at radius 2 is 2.12 bits per heavy atom. The van der Waals surface area contributed by atoms with Gasteiger partial charge in [-0.3, -0.25) is 24.2 Å². The summed E-state index contributed by atoms with van der Waals surface area (Å²) in [7, 11) is 0. The average Bonchev–Trinajstić information content (AvgIpc) is 3.12. The first-order valence-corrected chi connectivity index (χ1v) is 8.16. The molecule has 25 heavy (non-hydrogen) atoms. The molecule has 1 aliphatic rings. The van der Waals surface area contributed by atoms with Gasteiger partial charge in [0.2, 0.25) is 5.88 Å². The highest BCUT2D eigenvalue weighted by atomic mass is 16.3. The first-order chi connectivity index (χ1) is 12.1. The summed E-state index contributed by atoms with van der Waals surface area (Å²) in [4.78, 5) is 32.6. The monoisotopic (exact) mass is 347 g/mol. The van der Waals surface area contributed by atoms with E-state index in [0.29, 0.717) is 12.3 Å². The standard InChI is InChI=1S/C16H21N5O4/c22-14-13(10-18-5-8-20-6-3-17-4-7-20)15(23)21(16(24)19-14)11-12-2-1-9-25-12/h1-2,9-10,17,23H,3-8,11H2,(H,19,22,24). The smallest absolute Gasteiger partial charge is 0.331 e. The van der Waals surface area contributed by atoms with Crippen LogP contribution in [-0.2, 0) is 6.54 Å². The summed E-state index contributed by atoms with van der Waals surface area (Å²) in [5, 5.41) is 13.6. The van der Waals surface area contributed by atoms with Crippen molar-refractivity contribution in [2.75, 3.05) is 39.3 Å². The molecule has 134 valence electrons. The van der Waals surface area contributed by atoms with Crippen LogP contribution in [0.15, 0.2) is 37.4 Å². The fraction of sp³-hybridized carbons (Fsp3) is 0.438. The molecule has 0 aromatic carbocycles. The molecule has 0 atom stereocenters. The van der Waals surface area contributed by atoms with Crippen LogP contribution in [0.5, 0.6) is 5.88 Å². The van der Waals surface area contributed by atoms with Crippen molar-refractivity contribution >= 4 is 6.21 Å². The van der Waals surface area contributed by atoms with Gasteiger partial charge in [-0.15, -0.1) is 0 Å². The second-order valence-corrected chi connectivity index (χ2v) is 5.79. The third-order valence-electron chi connectivity index (χ3n) is 4.08. The number of piperazine rings is 1. The van der Waals surface area contributed by atoms with Crippen LogP contribution in [0, 0.1) is 0 Å². The summed E-state index contributed by atoms with van der Waals surface area (Å²) < 4.78 is 6.22. The van der Waals surface area contributed by atoms with Gasteiger partial charge in [-0.1, -0.05) is 0 Å². The van der Waals surface area contributed by atoms with Crippen LogP contribution in [0.1, 0.15) is 11.3 Å². The van der Waals surface area contributed by atoms with Gasteiger partial charge >= 0.3 is 5.69 Å². The van der Waals surface area contributed by atoms with Gasteiger partial charge in [0.15, 0.2) is 0 Å². The molecule has 1 aliphatic heterocycles. The molecule has 0 saturated carbocycles. The van der Waals surface area contributed by atoms with Gasteiger partial charge in [0, 0.05) is 38.9 Å². The van der Waals surface area contributed by atoms with Gasteiger partial charge in [0.05, 0.1) is 19.4 Å². The maximum Gasteiger partial charge on any atom is 0.331 e. The van der Waals surface area contributed by atoms with Crippen LogP contribution in [-0.4, -0.2) is 65.0 Å². The quantitative estimate of drug-likeness (QED) is 0.590. The van der Waals surface area contributed by atoms with Gasteiger partial charge in [-0.05, 0) is 12.1 Å². The Morgan fingerprint density at radius 3 is 2.84 bits per heavy atom. The summed E-state index contributed by atoms with van der Waals surface area (Å²) in [6, 6.07) is 3.36. The van der Waals surface area contributed by atoms with Crippen molar-refractivity contribution in [2.45, 2.75) is 6.54 Å². The van der Waals surface area contributed by atoms with Gasteiger partial charge in [0.25, 0.3) is 5.56 Å². The van der Waals surface area contributed by atoms with Crippen LogP contribution in [0.4, 0.5) is 0 Å². The van der Waals surface area contributed by atoms with E-state index in [0.717, 1.165) is 37.3 Å². The molecule has 3 rings (SSSR count). The van der Waals surface area contributed by atoms with Crippen molar-refractivity contribution in [3.8, 4) is 5.88 Å². The lowest BCUT2D eigenvalue weighted by Gasteiger charge is -2.26. The Kier molecular flexibility index (Phi) is 5.46. The minimum absolute atomic E-state index is 0.0239. The van der Waals surface area contributed by atoms with Crippen molar-refractivity contribution in [1.29, 1.82) is 0 Å². The lowest BCUT2D eigenvalue weighted by molar-refractivity contribution is 0.248. The molecule has 1 fully saturated rings. The molecule has 9 nitrogen and oxygen atoms in total. The van der Waals surface area contributed by atoms with E-state index in [4.69, 9.17) is 4.42 Å². The van der Waals surface area contributed by atoms with E-state index < -0.39 is 17.1 Å². The van der Waals surface area contributed by atoms with E-state index in [1.807, 2.05) is 0 Å². The van der Waals surface area contributed by atoms with Crippen molar-refractivity contribution in [2.24, 2.45) is 4.99 Å². The Balaban J connectivity index is 1.72. The van der Waals surface area contributed by atoms with E-state index in [-0.39, 0.29) is 12.1 Å². The van der Waals surface area contributed by atoms with E-state index in [9.17, 15) is 14.7 Å². The third kappa shape index (κ3) is 4.25. The van der Waals surface area contributed by atoms with E-state index in [1.54, 1.807) is 12.1 Å². The summed E-state index contributed by atoms with van der Waals surface area (Å²) in [5.74, 6) is 0.0714. The number of aromatic nitrogens is 2. The molecule has 0 bridgehead atoms. The molecule has 1 saturated heterocycles. The number of furan rings is 1. The molecule has 3 N–H and O–H groups in total. The molecule has 0 radical (unpaired) electrons. The topological polar surface area (TPSA) is 116 Å². The summed E-state index contributed by atoms with van der Waals surface area (Å²) in [5.41, 5.74) is -1.40. The van der Waals surface area contributed by atoms with Crippen LogP contribution in [0.25, 0.3) is 0 Å². The zero-order valence-corrected chi connectivity index (χ0v) is 13.8. The van der Waals surface area contributed by atoms with Crippen molar-refractivity contribution in [3.05, 3.63) is 50.6 Å². The van der Waals surface area contributed by atoms with Crippen molar-refractivity contribution in [1.82, 2.24) is 19.8 Å². The number of aromatic amines is 1. The first kappa shape index (κ1) is 17.2. The third-order valence-corrected chi connectivity index (χ3v) is 4.08.